The van der Waals surface area contributed by atoms with E-state index in [1.807, 2.05) is 0 Å². The van der Waals surface area contributed by atoms with Gasteiger partial charge in [-0.1, -0.05) is 170 Å². The van der Waals surface area contributed by atoms with E-state index in [2.05, 4.69) is 205 Å². The van der Waals surface area contributed by atoms with Gasteiger partial charge in [0.25, 0.3) is 0 Å². The highest BCUT2D eigenvalue weighted by Crippen LogP contribution is 2.63. The van der Waals surface area contributed by atoms with E-state index in [1.54, 1.807) is 0 Å². The maximum atomic E-state index is 5.64. The van der Waals surface area contributed by atoms with Gasteiger partial charge in [-0.25, -0.2) is 9.97 Å². The summed E-state index contributed by atoms with van der Waals surface area (Å²) in [4.78, 5) is 11.0. The standard InChI is InChI=1S/C55H33N3/c1-2-17-36-34(15-1)16-13-23-37(36)35-31-32-51-44(33-35)40-20-7-12-30-50(40)58(51)54-42-22-6-11-29-49(42)56-53(57-54)43-24-14-28-48-52(43)41-21-5-10-27-47(41)55(48)45-25-8-3-18-38(45)39-19-4-9-26-46(39)55/h1-33H. The van der Waals surface area contributed by atoms with Crippen molar-refractivity contribution in [3.63, 3.8) is 0 Å². The Morgan fingerprint density at radius 2 is 0.914 bits per heavy atom. The molecule has 0 N–H and O–H groups in total. The highest BCUT2D eigenvalue weighted by atomic mass is 15.1. The Labute approximate surface area is 335 Å². The normalized spacial score (nSPS) is 13.3. The molecule has 0 saturated heterocycles. The molecule has 2 aliphatic rings. The number of hydrogen-bond donors (Lipinski definition) is 0. The number of benzene rings is 9. The minimum atomic E-state index is -0.441. The highest BCUT2D eigenvalue weighted by Gasteiger charge is 2.52. The molecule has 2 aromatic heterocycles. The first-order valence-corrected chi connectivity index (χ1v) is 20.0. The number of rotatable bonds is 3. The smallest absolute Gasteiger partial charge is 0.162 e. The second-order valence-corrected chi connectivity index (χ2v) is 15.6. The van der Waals surface area contributed by atoms with Crippen LogP contribution in [-0.2, 0) is 5.41 Å². The van der Waals surface area contributed by atoms with Crippen LogP contribution in [0.1, 0.15) is 22.3 Å². The van der Waals surface area contributed by atoms with Crippen molar-refractivity contribution in [1.82, 2.24) is 14.5 Å². The molecule has 58 heavy (non-hydrogen) atoms. The van der Waals surface area contributed by atoms with E-state index < -0.39 is 5.41 Å². The topological polar surface area (TPSA) is 30.7 Å². The van der Waals surface area contributed by atoms with Crippen LogP contribution in [0.15, 0.2) is 200 Å². The Balaban J connectivity index is 1.08. The van der Waals surface area contributed by atoms with E-state index in [0.717, 1.165) is 39.1 Å². The second kappa shape index (κ2) is 11.7. The van der Waals surface area contributed by atoms with Gasteiger partial charge in [-0.2, -0.15) is 0 Å². The fraction of sp³-hybridized carbons (Fsp3) is 0.0182. The molecule has 3 nitrogen and oxygen atoms in total. The molecule has 0 unspecified atom stereocenters. The molecule has 2 heterocycles. The zero-order valence-corrected chi connectivity index (χ0v) is 31.4. The van der Waals surface area contributed by atoms with Gasteiger partial charge < -0.3 is 0 Å². The average molecular weight is 736 g/mol. The summed E-state index contributed by atoms with van der Waals surface area (Å²) in [5.74, 6) is 1.59. The molecule has 0 fully saturated rings. The Kier molecular flexibility index (Phi) is 6.37. The molecule has 11 aromatic rings. The van der Waals surface area contributed by atoms with Crippen LogP contribution in [0.4, 0.5) is 0 Å². The van der Waals surface area contributed by atoms with Gasteiger partial charge in [0.1, 0.15) is 5.82 Å². The van der Waals surface area contributed by atoms with E-state index in [9.17, 15) is 0 Å². The molecule has 9 aromatic carbocycles. The van der Waals surface area contributed by atoms with Crippen LogP contribution >= 0.6 is 0 Å². The summed E-state index contributed by atoms with van der Waals surface area (Å²) in [5.41, 5.74) is 16.4. The van der Waals surface area contributed by atoms with Crippen molar-refractivity contribution in [2.45, 2.75) is 5.41 Å². The quantitative estimate of drug-likeness (QED) is 0.181. The van der Waals surface area contributed by atoms with Gasteiger partial charge in [0.05, 0.1) is 22.0 Å². The van der Waals surface area contributed by atoms with Crippen LogP contribution in [-0.4, -0.2) is 14.5 Å². The summed E-state index contributed by atoms with van der Waals surface area (Å²) in [7, 11) is 0. The lowest BCUT2D eigenvalue weighted by Crippen LogP contribution is -2.25. The van der Waals surface area contributed by atoms with Crippen molar-refractivity contribution >= 4 is 43.5 Å². The molecule has 0 radical (unpaired) electrons. The average Bonchev–Trinajstić information content (AvgIpc) is 3.90. The SMILES string of the molecule is c1ccc2c(c1)-c1ccccc1C21c2ccccc2-c2c(-c3nc(-n4c5ccccc5c5cc(-c6cccc7ccccc67)ccc54)c4ccccc4n3)cccc21. The van der Waals surface area contributed by atoms with Gasteiger partial charge in [-0.3, -0.25) is 4.57 Å². The van der Waals surface area contributed by atoms with Crippen molar-refractivity contribution < 1.29 is 0 Å². The molecule has 3 heteroatoms. The molecule has 268 valence electrons. The van der Waals surface area contributed by atoms with Crippen molar-refractivity contribution in [3.05, 3.63) is 222 Å². The van der Waals surface area contributed by atoms with Gasteiger partial charge in [-0.05, 0) is 96.7 Å². The third-order valence-electron chi connectivity index (χ3n) is 12.8. The number of para-hydroxylation sites is 2. The summed E-state index contributed by atoms with van der Waals surface area (Å²) in [6.45, 7) is 0. The summed E-state index contributed by atoms with van der Waals surface area (Å²) in [5, 5.41) is 5.89. The molecule has 13 rings (SSSR count). The molecule has 0 amide bonds. The molecule has 0 atom stereocenters. The van der Waals surface area contributed by atoms with Gasteiger partial charge >= 0.3 is 0 Å². The van der Waals surface area contributed by atoms with Gasteiger partial charge in [0.2, 0.25) is 0 Å². The van der Waals surface area contributed by atoms with Gasteiger partial charge in [0, 0.05) is 21.7 Å². The monoisotopic (exact) mass is 735 g/mol. The lowest BCUT2D eigenvalue weighted by molar-refractivity contribution is 0.794. The van der Waals surface area contributed by atoms with Gasteiger partial charge in [0.15, 0.2) is 5.82 Å². The summed E-state index contributed by atoms with van der Waals surface area (Å²) in [6, 6.07) is 73.0. The van der Waals surface area contributed by atoms with Crippen LogP contribution < -0.4 is 0 Å². The minimum Gasteiger partial charge on any atom is -0.293 e. The molecule has 1 spiro atoms. The van der Waals surface area contributed by atoms with E-state index in [4.69, 9.17) is 9.97 Å². The Hall–Kier alpha value is -7.62. The summed E-state index contributed by atoms with van der Waals surface area (Å²) >= 11 is 0. The first kappa shape index (κ1) is 31.6. The zero-order valence-electron chi connectivity index (χ0n) is 31.4. The van der Waals surface area contributed by atoms with Crippen molar-refractivity contribution in [2.75, 3.05) is 0 Å². The van der Waals surface area contributed by atoms with Crippen LogP contribution in [0.2, 0.25) is 0 Å². The van der Waals surface area contributed by atoms with Gasteiger partial charge in [-0.15, -0.1) is 0 Å². The maximum absolute atomic E-state index is 5.64. The van der Waals surface area contributed by atoms with E-state index >= 15 is 0 Å². The third kappa shape index (κ3) is 4.07. The first-order valence-electron chi connectivity index (χ1n) is 20.0. The molecule has 0 aliphatic heterocycles. The predicted octanol–water partition coefficient (Wildman–Crippen LogP) is 13.6. The lowest BCUT2D eigenvalue weighted by Gasteiger charge is -2.30. The van der Waals surface area contributed by atoms with Crippen molar-refractivity contribution in [3.8, 4) is 50.6 Å². The summed E-state index contributed by atoms with van der Waals surface area (Å²) in [6.07, 6.45) is 0. The largest absolute Gasteiger partial charge is 0.293 e. The van der Waals surface area contributed by atoms with E-state index in [0.29, 0.717) is 0 Å². The fourth-order valence-electron chi connectivity index (χ4n) is 10.5. The molecular weight excluding hydrogens is 703 g/mol. The van der Waals surface area contributed by atoms with E-state index in [-0.39, 0.29) is 0 Å². The first-order chi connectivity index (χ1) is 28.8. The van der Waals surface area contributed by atoms with Crippen molar-refractivity contribution in [1.29, 1.82) is 0 Å². The van der Waals surface area contributed by atoms with E-state index in [1.165, 1.54) is 77.2 Å². The molecule has 0 saturated carbocycles. The minimum absolute atomic E-state index is 0.441. The molecule has 0 bridgehead atoms. The van der Waals surface area contributed by atoms with Crippen LogP contribution in [0.5, 0.6) is 0 Å². The lowest BCUT2D eigenvalue weighted by atomic mass is 9.70. The second-order valence-electron chi connectivity index (χ2n) is 15.6. The summed E-state index contributed by atoms with van der Waals surface area (Å²) < 4.78 is 2.35. The van der Waals surface area contributed by atoms with Crippen LogP contribution in [0.3, 0.4) is 0 Å². The number of nitrogens with zero attached hydrogens (tertiary/aromatic N) is 3. The zero-order chi connectivity index (χ0) is 38.0. The Morgan fingerprint density at radius 1 is 0.362 bits per heavy atom. The maximum Gasteiger partial charge on any atom is 0.162 e. The predicted molar refractivity (Wildman–Crippen MR) is 239 cm³/mol. The highest BCUT2D eigenvalue weighted by molar-refractivity contribution is 6.12. The number of hydrogen-bond acceptors (Lipinski definition) is 2. The number of fused-ring (bicyclic) bond motifs is 15. The Morgan fingerprint density at radius 3 is 1.72 bits per heavy atom. The van der Waals surface area contributed by atoms with Crippen LogP contribution in [0.25, 0.3) is 94.1 Å². The number of aromatic nitrogens is 3. The fourth-order valence-corrected chi connectivity index (χ4v) is 10.5. The molecular formula is C55H33N3. The Bertz CT molecular complexity index is 3480. The van der Waals surface area contributed by atoms with Crippen LogP contribution in [0, 0.1) is 0 Å². The van der Waals surface area contributed by atoms with Crippen molar-refractivity contribution in [2.24, 2.45) is 0 Å². The third-order valence-corrected chi connectivity index (χ3v) is 12.8. The molecule has 2 aliphatic carbocycles.